The van der Waals surface area contributed by atoms with Gasteiger partial charge in [0.1, 0.15) is 24.1 Å². The van der Waals surface area contributed by atoms with E-state index in [1.54, 1.807) is 0 Å². The van der Waals surface area contributed by atoms with Crippen molar-refractivity contribution in [3.8, 4) is 5.75 Å². The van der Waals surface area contributed by atoms with Crippen LogP contribution in [0.4, 0.5) is 4.79 Å². The average Bonchev–Trinajstić information content (AvgIpc) is 2.55. The Kier molecular flexibility index (Phi) is 6.48. The van der Waals surface area contributed by atoms with E-state index in [2.05, 4.69) is 0 Å². The van der Waals surface area contributed by atoms with Crippen LogP contribution < -0.4 is 4.74 Å². The van der Waals surface area contributed by atoms with Crippen molar-refractivity contribution in [1.82, 2.24) is 4.90 Å². The summed E-state index contributed by atoms with van der Waals surface area (Å²) in [6.45, 7) is 9.50. The van der Waals surface area contributed by atoms with E-state index in [0.717, 1.165) is 16.5 Å². The molecular formula is C21H29NO4. The van der Waals surface area contributed by atoms with Crippen LogP contribution in [0.2, 0.25) is 0 Å². The normalized spacial score (nSPS) is 12.9. The van der Waals surface area contributed by atoms with Crippen LogP contribution in [0.1, 0.15) is 34.6 Å². The summed E-state index contributed by atoms with van der Waals surface area (Å²) in [6, 6.07) is 13.7. The average molecular weight is 359 g/mol. The molecule has 2 rings (SSSR count). The van der Waals surface area contributed by atoms with Crippen molar-refractivity contribution in [2.45, 2.75) is 52.4 Å². The molecule has 0 heterocycles. The molecule has 0 aliphatic heterocycles. The minimum absolute atomic E-state index is 0.0861. The second kappa shape index (κ2) is 8.41. The van der Waals surface area contributed by atoms with Crippen LogP contribution in [-0.4, -0.2) is 47.0 Å². The number of nitrogens with zero attached hydrogens (tertiary/aromatic N) is 1. The van der Waals surface area contributed by atoms with Crippen molar-refractivity contribution in [3.63, 3.8) is 0 Å². The van der Waals surface area contributed by atoms with Crippen molar-refractivity contribution in [1.29, 1.82) is 0 Å². The first-order valence-electron chi connectivity index (χ1n) is 8.95. The molecule has 0 spiro atoms. The van der Waals surface area contributed by atoms with Gasteiger partial charge in [0.2, 0.25) is 0 Å². The third-order valence-corrected chi connectivity index (χ3v) is 3.84. The van der Waals surface area contributed by atoms with E-state index >= 15 is 0 Å². The Labute approximate surface area is 155 Å². The summed E-state index contributed by atoms with van der Waals surface area (Å²) in [5.74, 6) is 0.718. The molecule has 0 saturated carbocycles. The third-order valence-electron chi connectivity index (χ3n) is 3.84. The quantitative estimate of drug-likeness (QED) is 0.839. The lowest BCUT2D eigenvalue weighted by molar-refractivity contribution is 0.00196. The Morgan fingerprint density at radius 3 is 2.42 bits per heavy atom. The number of fused-ring (bicyclic) bond motifs is 1. The molecule has 1 amide bonds. The molecule has 5 nitrogen and oxygen atoms in total. The number of aliphatic hydroxyl groups excluding tert-OH is 1. The molecule has 0 aliphatic rings. The Balaban J connectivity index is 1.99. The first kappa shape index (κ1) is 20.0. The van der Waals surface area contributed by atoms with Gasteiger partial charge >= 0.3 is 6.09 Å². The summed E-state index contributed by atoms with van der Waals surface area (Å²) < 4.78 is 11.2. The van der Waals surface area contributed by atoms with Crippen molar-refractivity contribution < 1.29 is 19.4 Å². The van der Waals surface area contributed by atoms with Crippen molar-refractivity contribution in [3.05, 3.63) is 42.5 Å². The van der Waals surface area contributed by atoms with E-state index in [4.69, 9.17) is 9.47 Å². The van der Waals surface area contributed by atoms with Gasteiger partial charge in [-0.3, -0.25) is 0 Å². The Bertz CT molecular complexity index is 731. The monoisotopic (exact) mass is 359 g/mol. The van der Waals surface area contributed by atoms with Gasteiger partial charge in [-0.25, -0.2) is 4.79 Å². The molecule has 2 aromatic rings. The Morgan fingerprint density at radius 2 is 1.77 bits per heavy atom. The van der Waals surface area contributed by atoms with Gasteiger partial charge in [-0.1, -0.05) is 36.4 Å². The number of benzene rings is 2. The minimum atomic E-state index is -0.816. The lowest BCUT2D eigenvalue weighted by Crippen LogP contribution is -2.46. The van der Waals surface area contributed by atoms with E-state index in [1.807, 2.05) is 77.1 Å². The molecule has 0 saturated heterocycles. The molecule has 0 bridgehead atoms. The summed E-state index contributed by atoms with van der Waals surface area (Å²) >= 11 is 0. The zero-order chi connectivity index (χ0) is 19.3. The standard InChI is InChI=1S/C21H29NO4/c1-15(2)22(20(24)26-21(3,4)5)13-17(23)14-25-19-12-8-10-16-9-6-7-11-18(16)19/h6-12,15,17,23H,13-14H2,1-5H3/t17-/m1/s1. The highest BCUT2D eigenvalue weighted by Gasteiger charge is 2.26. The van der Waals surface area contributed by atoms with E-state index in [9.17, 15) is 9.90 Å². The van der Waals surface area contributed by atoms with Crippen LogP contribution in [0.15, 0.2) is 42.5 Å². The molecule has 2 aromatic carbocycles. The van der Waals surface area contributed by atoms with Gasteiger partial charge in [0.25, 0.3) is 0 Å². The number of carbonyl (C=O) groups is 1. The van der Waals surface area contributed by atoms with E-state index < -0.39 is 17.8 Å². The maximum Gasteiger partial charge on any atom is 0.410 e. The van der Waals surface area contributed by atoms with Crippen LogP contribution in [-0.2, 0) is 4.74 Å². The van der Waals surface area contributed by atoms with Crippen LogP contribution >= 0.6 is 0 Å². The molecule has 142 valence electrons. The summed E-state index contributed by atoms with van der Waals surface area (Å²) in [5.41, 5.74) is -0.575. The summed E-state index contributed by atoms with van der Waals surface area (Å²) in [7, 11) is 0. The topological polar surface area (TPSA) is 59.0 Å². The fourth-order valence-corrected chi connectivity index (χ4v) is 2.60. The highest BCUT2D eigenvalue weighted by Crippen LogP contribution is 2.25. The molecule has 5 heteroatoms. The predicted octanol–water partition coefficient (Wildman–Crippen LogP) is 4.23. The molecular weight excluding hydrogens is 330 g/mol. The summed E-state index contributed by atoms with van der Waals surface area (Å²) in [5, 5.41) is 12.5. The van der Waals surface area contributed by atoms with Crippen molar-refractivity contribution in [2.24, 2.45) is 0 Å². The predicted molar refractivity (Wildman–Crippen MR) is 104 cm³/mol. The fourth-order valence-electron chi connectivity index (χ4n) is 2.60. The van der Waals surface area contributed by atoms with Gasteiger partial charge in [-0.2, -0.15) is 0 Å². The Morgan fingerprint density at radius 1 is 1.12 bits per heavy atom. The van der Waals surface area contributed by atoms with Gasteiger partial charge in [-0.15, -0.1) is 0 Å². The lowest BCUT2D eigenvalue weighted by atomic mass is 10.1. The van der Waals surface area contributed by atoms with Crippen LogP contribution in [0.3, 0.4) is 0 Å². The molecule has 0 aromatic heterocycles. The molecule has 0 unspecified atom stereocenters. The highest BCUT2D eigenvalue weighted by atomic mass is 16.6. The maximum absolute atomic E-state index is 12.3. The number of carbonyl (C=O) groups excluding carboxylic acids is 1. The number of rotatable bonds is 6. The molecule has 1 N–H and O–H groups in total. The first-order valence-corrected chi connectivity index (χ1v) is 8.95. The summed E-state index contributed by atoms with van der Waals surface area (Å²) in [4.78, 5) is 13.9. The van der Waals surface area contributed by atoms with Gasteiger partial charge in [0.05, 0.1) is 6.54 Å². The first-order chi connectivity index (χ1) is 12.2. The second-order valence-corrected chi connectivity index (χ2v) is 7.67. The van der Waals surface area contributed by atoms with E-state index in [0.29, 0.717) is 0 Å². The van der Waals surface area contributed by atoms with E-state index in [1.165, 1.54) is 4.90 Å². The van der Waals surface area contributed by atoms with Gasteiger partial charge in [-0.05, 0) is 46.1 Å². The minimum Gasteiger partial charge on any atom is -0.490 e. The van der Waals surface area contributed by atoms with Crippen LogP contribution in [0.25, 0.3) is 10.8 Å². The highest BCUT2D eigenvalue weighted by molar-refractivity contribution is 5.88. The number of hydrogen-bond acceptors (Lipinski definition) is 4. The number of ether oxygens (including phenoxy) is 2. The zero-order valence-electron chi connectivity index (χ0n) is 16.2. The largest absolute Gasteiger partial charge is 0.490 e. The Hall–Kier alpha value is -2.27. The third kappa shape index (κ3) is 5.63. The van der Waals surface area contributed by atoms with Crippen molar-refractivity contribution >= 4 is 16.9 Å². The summed E-state index contributed by atoms with van der Waals surface area (Å²) in [6.07, 6.45) is -1.25. The maximum atomic E-state index is 12.3. The number of aliphatic hydroxyl groups is 1. The van der Waals surface area contributed by atoms with Crippen LogP contribution in [0, 0.1) is 0 Å². The number of hydrogen-bond donors (Lipinski definition) is 1. The molecule has 0 aliphatic carbocycles. The van der Waals surface area contributed by atoms with Gasteiger partial charge < -0.3 is 19.5 Å². The molecule has 1 atom stereocenters. The number of amides is 1. The fraction of sp³-hybridized carbons (Fsp3) is 0.476. The lowest BCUT2D eigenvalue weighted by Gasteiger charge is -2.31. The molecule has 26 heavy (non-hydrogen) atoms. The SMILES string of the molecule is CC(C)N(C[C@@H](O)COc1cccc2ccccc12)C(=O)OC(C)(C)C. The molecule has 0 radical (unpaired) electrons. The second-order valence-electron chi connectivity index (χ2n) is 7.67. The van der Waals surface area contributed by atoms with Crippen LogP contribution in [0.5, 0.6) is 5.75 Å². The van der Waals surface area contributed by atoms with Crippen molar-refractivity contribution in [2.75, 3.05) is 13.2 Å². The smallest absolute Gasteiger partial charge is 0.410 e. The molecule has 0 fully saturated rings. The van der Waals surface area contributed by atoms with E-state index in [-0.39, 0.29) is 19.2 Å². The van der Waals surface area contributed by atoms with Gasteiger partial charge in [0.15, 0.2) is 0 Å². The zero-order valence-corrected chi connectivity index (χ0v) is 16.2. The van der Waals surface area contributed by atoms with Gasteiger partial charge in [0, 0.05) is 11.4 Å².